The molecule has 1 aliphatic rings. The van der Waals surface area contributed by atoms with E-state index in [-0.39, 0.29) is 0 Å². The highest BCUT2D eigenvalue weighted by atomic mass is 32.1. The van der Waals surface area contributed by atoms with Crippen molar-refractivity contribution in [3.8, 4) is 0 Å². The first kappa shape index (κ1) is 14.3. The lowest BCUT2D eigenvalue weighted by molar-refractivity contribution is 0.573. The normalized spacial score (nSPS) is 15.2. The summed E-state index contributed by atoms with van der Waals surface area (Å²) >= 11 is 1.80. The molecular weight excluding hydrogens is 280 g/mol. The van der Waals surface area contributed by atoms with Crippen LogP contribution < -0.4 is 9.80 Å². The molecule has 2 aromatic rings. The average molecular weight is 302 g/mol. The Balaban J connectivity index is 1.76. The number of hydrogen-bond acceptors (Lipinski definition) is 5. The highest BCUT2D eigenvalue weighted by Gasteiger charge is 2.14. The zero-order chi connectivity index (χ0) is 14.5. The van der Waals surface area contributed by atoms with Crippen LogP contribution in [0.15, 0.2) is 29.9 Å². The molecule has 1 aliphatic heterocycles. The summed E-state index contributed by atoms with van der Waals surface area (Å²) in [6.07, 6.45) is 5.59. The molecule has 0 aliphatic carbocycles. The van der Waals surface area contributed by atoms with Crippen LogP contribution in [0.5, 0.6) is 0 Å². The van der Waals surface area contributed by atoms with E-state index in [1.54, 1.807) is 17.7 Å². The average Bonchev–Trinajstić information content (AvgIpc) is 3.07. The molecule has 112 valence electrons. The maximum Gasteiger partial charge on any atom is 0.134 e. The molecule has 2 aromatic heterocycles. The Labute approximate surface area is 130 Å². The van der Waals surface area contributed by atoms with Gasteiger partial charge in [-0.3, -0.25) is 0 Å². The summed E-state index contributed by atoms with van der Waals surface area (Å²) < 4.78 is 0. The molecule has 0 aromatic carbocycles. The van der Waals surface area contributed by atoms with Gasteiger partial charge in [0.1, 0.15) is 18.0 Å². The van der Waals surface area contributed by atoms with Crippen LogP contribution in [0.3, 0.4) is 0 Å². The van der Waals surface area contributed by atoms with Crippen molar-refractivity contribution in [1.29, 1.82) is 0 Å². The lowest BCUT2D eigenvalue weighted by Gasteiger charge is -2.29. The molecule has 21 heavy (non-hydrogen) atoms. The molecule has 0 unspecified atom stereocenters. The molecule has 0 spiro atoms. The fourth-order valence-electron chi connectivity index (χ4n) is 2.75. The third kappa shape index (κ3) is 3.53. The summed E-state index contributed by atoms with van der Waals surface area (Å²) in [6, 6.07) is 6.43. The molecule has 0 bridgehead atoms. The van der Waals surface area contributed by atoms with Crippen LogP contribution in [0, 0.1) is 0 Å². The van der Waals surface area contributed by atoms with Crippen LogP contribution in [0.2, 0.25) is 0 Å². The Kier molecular flexibility index (Phi) is 4.70. The molecule has 3 rings (SSSR count). The summed E-state index contributed by atoms with van der Waals surface area (Å²) in [7, 11) is 0. The van der Waals surface area contributed by atoms with Crippen LogP contribution in [-0.2, 0) is 6.54 Å². The quantitative estimate of drug-likeness (QED) is 0.845. The van der Waals surface area contributed by atoms with Gasteiger partial charge in [0.05, 0.1) is 6.54 Å². The predicted molar refractivity (Wildman–Crippen MR) is 89.1 cm³/mol. The van der Waals surface area contributed by atoms with E-state index in [0.717, 1.165) is 37.8 Å². The second-order valence-corrected chi connectivity index (χ2v) is 6.41. The third-order valence-electron chi connectivity index (χ3n) is 3.95. The van der Waals surface area contributed by atoms with Gasteiger partial charge < -0.3 is 9.80 Å². The maximum absolute atomic E-state index is 4.48. The fourth-order valence-corrected chi connectivity index (χ4v) is 3.47. The van der Waals surface area contributed by atoms with Crippen molar-refractivity contribution in [2.75, 3.05) is 29.4 Å². The lowest BCUT2D eigenvalue weighted by atomic mass is 10.1. The first-order valence-electron chi connectivity index (χ1n) is 7.71. The number of nitrogens with zero attached hydrogens (tertiary/aromatic N) is 4. The number of rotatable bonds is 5. The highest BCUT2D eigenvalue weighted by Crippen LogP contribution is 2.23. The molecule has 0 atom stereocenters. The molecule has 1 fully saturated rings. The number of piperidine rings is 1. The largest absolute Gasteiger partial charge is 0.356 e. The van der Waals surface area contributed by atoms with Crippen LogP contribution in [0.4, 0.5) is 11.6 Å². The molecule has 0 amide bonds. The predicted octanol–water partition coefficient (Wildman–Crippen LogP) is 3.55. The summed E-state index contributed by atoms with van der Waals surface area (Å²) in [4.78, 5) is 15.0. The molecule has 5 heteroatoms. The number of thiophene rings is 1. The van der Waals surface area contributed by atoms with Crippen molar-refractivity contribution >= 4 is 23.0 Å². The van der Waals surface area contributed by atoms with Crippen molar-refractivity contribution in [2.24, 2.45) is 0 Å². The second-order valence-electron chi connectivity index (χ2n) is 5.38. The van der Waals surface area contributed by atoms with E-state index in [9.17, 15) is 0 Å². The molecule has 0 radical (unpaired) electrons. The zero-order valence-corrected chi connectivity index (χ0v) is 13.4. The second kappa shape index (κ2) is 6.89. The SMILES string of the molecule is CCN(Cc1cccs1)c1cc(N2CCCCC2)ncn1. The van der Waals surface area contributed by atoms with Gasteiger partial charge in [0, 0.05) is 30.6 Å². The first-order valence-corrected chi connectivity index (χ1v) is 8.59. The highest BCUT2D eigenvalue weighted by molar-refractivity contribution is 7.09. The molecule has 4 nitrogen and oxygen atoms in total. The number of anilines is 2. The first-order chi connectivity index (χ1) is 10.4. The third-order valence-corrected chi connectivity index (χ3v) is 4.81. The van der Waals surface area contributed by atoms with E-state index >= 15 is 0 Å². The lowest BCUT2D eigenvalue weighted by Crippen LogP contribution is -2.30. The summed E-state index contributed by atoms with van der Waals surface area (Å²) in [5, 5.41) is 2.13. The number of hydrogen-bond donors (Lipinski definition) is 0. The van der Waals surface area contributed by atoms with Crippen LogP contribution in [0.1, 0.15) is 31.1 Å². The van der Waals surface area contributed by atoms with Crippen LogP contribution in [-0.4, -0.2) is 29.6 Å². The Morgan fingerprint density at radius 3 is 2.81 bits per heavy atom. The summed E-state index contributed by atoms with van der Waals surface area (Å²) in [5.74, 6) is 2.10. The Bertz CT molecular complexity index is 549. The standard InChI is InChI=1S/C16H22N4S/c1-2-19(12-14-7-6-10-21-14)15-11-16(18-13-17-15)20-8-4-3-5-9-20/h6-7,10-11,13H,2-5,8-9,12H2,1H3. The minimum Gasteiger partial charge on any atom is -0.356 e. The van der Waals surface area contributed by atoms with Crippen molar-refractivity contribution in [3.63, 3.8) is 0 Å². The minimum absolute atomic E-state index is 0.921. The minimum atomic E-state index is 0.921. The van der Waals surface area contributed by atoms with Crippen LogP contribution in [0.25, 0.3) is 0 Å². The Morgan fingerprint density at radius 2 is 2.10 bits per heavy atom. The summed E-state index contributed by atoms with van der Waals surface area (Å²) in [5.41, 5.74) is 0. The van der Waals surface area contributed by atoms with E-state index in [0.29, 0.717) is 0 Å². The van der Waals surface area contributed by atoms with Crippen molar-refractivity contribution < 1.29 is 0 Å². The molecule has 3 heterocycles. The zero-order valence-electron chi connectivity index (χ0n) is 12.5. The number of aromatic nitrogens is 2. The fraction of sp³-hybridized carbons (Fsp3) is 0.500. The topological polar surface area (TPSA) is 32.3 Å². The van der Waals surface area contributed by atoms with Crippen LogP contribution >= 0.6 is 11.3 Å². The van der Waals surface area contributed by atoms with E-state index in [2.05, 4.69) is 50.3 Å². The van der Waals surface area contributed by atoms with Gasteiger partial charge in [-0.2, -0.15) is 0 Å². The molecule has 1 saturated heterocycles. The van der Waals surface area contributed by atoms with Gasteiger partial charge in [-0.1, -0.05) is 6.07 Å². The van der Waals surface area contributed by atoms with Gasteiger partial charge in [-0.15, -0.1) is 11.3 Å². The van der Waals surface area contributed by atoms with Gasteiger partial charge in [-0.25, -0.2) is 9.97 Å². The smallest absolute Gasteiger partial charge is 0.134 e. The van der Waals surface area contributed by atoms with E-state index in [4.69, 9.17) is 0 Å². The Hall–Kier alpha value is -1.62. The van der Waals surface area contributed by atoms with E-state index in [1.165, 1.54) is 24.1 Å². The van der Waals surface area contributed by atoms with Gasteiger partial charge in [-0.05, 0) is 37.6 Å². The summed E-state index contributed by atoms with van der Waals surface area (Å²) in [6.45, 7) is 6.29. The Morgan fingerprint density at radius 1 is 1.24 bits per heavy atom. The molecular formula is C16H22N4S. The van der Waals surface area contributed by atoms with Gasteiger partial charge in [0.15, 0.2) is 0 Å². The molecule has 0 saturated carbocycles. The maximum atomic E-state index is 4.48. The van der Waals surface area contributed by atoms with Gasteiger partial charge in [0.2, 0.25) is 0 Å². The van der Waals surface area contributed by atoms with Gasteiger partial charge >= 0.3 is 0 Å². The van der Waals surface area contributed by atoms with Crippen molar-refractivity contribution in [2.45, 2.75) is 32.7 Å². The van der Waals surface area contributed by atoms with E-state index in [1.807, 2.05) is 0 Å². The monoisotopic (exact) mass is 302 g/mol. The van der Waals surface area contributed by atoms with E-state index < -0.39 is 0 Å². The van der Waals surface area contributed by atoms with Crippen molar-refractivity contribution in [1.82, 2.24) is 9.97 Å². The van der Waals surface area contributed by atoms with Gasteiger partial charge in [0.25, 0.3) is 0 Å². The molecule has 0 N–H and O–H groups in total. The van der Waals surface area contributed by atoms with Crippen molar-refractivity contribution in [3.05, 3.63) is 34.8 Å².